The Morgan fingerprint density at radius 3 is 1.59 bits per heavy atom. The lowest BCUT2D eigenvalue weighted by Crippen LogP contribution is -2.37. The molecule has 0 saturated carbocycles. The summed E-state index contributed by atoms with van der Waals surface area (Å²) in [5.74, 6) is -0.263. The van der Waals surface area contributed by atoms with Crippen molar-refractivity contribution in [3.63, 3.8) is 0 Å². The molecule has 1 saturated heterocycles. The van der Waals surface area contributed by atoms with Gasteiger partial charge in [0, 0.05) is 37.3 Å². The molecule has 1 aliphatic rings. The zero-order valence-corrected chi connectivity index (χ0v) is 14.8. The van der Waals surface area contributed by atoms with Crippen molar-refractivity contribution in [2.45, 2.75) is 6.42 Å². The fourth-order valence-electron chi connectivity index (χ4n) is 3.13. The van der Waals surface area contributed by atoms with Crippen molar-refractivity contribution in [3.05, 3.63) is 70.8 Å². The number of carbonyl (C=O) groups is 2. The Morgan fingerprint density at radius 2 is 1.19 bits per heavy atom. The predicted octanol–water partition coefficient (Wildman–Crippen LogP) is 2.42. The molecule has 2 aromatic carbocycles. The van der Waals surface area contributed by atoms with Crippen LogP contribution in [0.3, 0.4) is 0 Å². The maximum absolute atomic E-state index is 12.7. The SMILES string of the molecule is N#Cc1cccc(C(=O)N2CCCN(C(=O)c3cccc(C#N)c3)CC2)c1. The number of rotatable bonds is 2. The summed E-state index contributed by atoms with van der Waals surface area (Å²) in [6.45, 7) is 1.97. The van der Waals surface area contributed by atoms with Gasteiger partial charge in [0.25, 0.3) is 11.8 Å². The molecule has 27 heavy (non-hydrogen) atoms. The minimum Gasteiger partial charge on any atom is -0.337 e. The summed E-state index contributed by atoms with van der Waals surface area (Å²) in [5.41, 5.74) is 1.86. The monoisotopic (exact) mass is 358 g/mol. The topological polar surface area (TPSA) is 88.2 Å². The highest BCUT2D eigenvalue weighted by Crippen LogP contribution is 2.14. The molecule has 6 nitrogen and oxygen atoms in total. The van der Waals surface area contributed by atoms with Crippen LogP contribution in [0.2, 0.25) is 0 Å². The van der Waals surface area contributed by atoms with E-state index in [4.69, 9.17) is 10.5 Å². The second-order valence-electron chi connectivity index (χ2n) is 6.32. The van der Waals surface area contributed by atoms with Crippen molar-refractivity contribution < 1.29 is 9.59 Å². The van der Waals surface area contributed by atoms with E-state index in [1.54, 1.807) is 58.3 Å². The summed E-state index contributed by atoms with van der Waals surface area (Å²) in [4.78, 5) is 28.9. The number of hydrogen-bond donors (Lipinski definition) is 0. The van der Waals surface area contributed by atoms with Gasteiger partial charge in [-0.2, -0.15) is 10.5 Å². The second kappa shape index (κ2) is 8.16. The fraction of sp³-hybridized carbons (Fsp3) is 0.238. The molecule has 0 unspecified atom stereocenters. The first-order valence-corrected chi connectivity index (χ1v) is 8.71. The third-order valence-electron chi connectivity index (χ3n) is 4.55. The third-order valence-corrected chi connectivity index (χ3v) is 4.55. The number of carbonyl (C=O) groups excluding carboxylic acids is 2. The normalized spacial score (nSPS) is 14.0. The molecule has 0 bridgehead atoms. The van der Waals surface area contributed by atoms with Crippen LogP contribution < -0.4 is 0 Å². The Labute approximate surface area is 157 Å². The van der Waals surface area contributed by atoms with Gasteiger partial charge in [-0.05, 0) is 42.8 Å². The van der Waals surface area contributed by atoms with Gasteiger partial charge < -0.3 is 9.80 Å². The number of benzene rings is 2. The van der Waals surface area contributed by atoms with Gasteiger partial charge in [-0.25, -0.2) is 0 Å². The molecule has 0 radical (unpaired) electrons. The van der Waals surface area contributed by atoms with Crippen molar-refractivity contribution in [2.75, 3.05) is 26.2 Å². The smallest absolute Gasteiger partial charge is 0.253 e. The van der Waals surface area contributed by atoms with Crippen LogP contribution in [0.25, 0.3) is 0 Å². The van der Waals surface area contributed by atoms with E-state index in [0.717, 1.165) is 0 Å². The first-order chi connectivity index (χ1) is 13.1. The Morgan fingerprint density at radius 1 is 0.741 bits per heavy atom. The zero-order chi connectivity index (χ0) is 19.2. The van der Waals surface area contributed by atoms with Gasteiger partial charge in [-0.3, -0.25) is 9.59 Å². The third kappa shape index (κ3) is 4.13. The summed E-state index contributed by atoms with van der Waals surface area (Å²) in [5, 5.41) is 18.0. The molecule has 2 amide bonds. The van der Waals surface area contributed by atoms with Gasteiger partial charge in [0.1, 0.15) is 0 Å². The average Bonchev–Trinajstić information content (AvgIpc) is 2.99. The molecule has 3 rings (SSSR count). The van der Waals surface area contributed by atoms with Crippen molar-refractivity contribution in [1.29, 1.82) is 10.5 Å². The van der Waals surface area contributed by atoms with Crippen LogP contribution in [0.1, 0.15) is 38.3 Å². The highest BCUT2D eigenvalue weighted by Gasteiger charge is 2.23. The molecule has 0 aromatic heterocycles. The molecule has 0 aliphatic carbocycles. The number of amides is 2. The standard InChI is InChI=1S/C21H18N4O2/c22-14-16-4-1-6-18(12-16)20(26)24-8-3-9-25(11-10-24)21(27)19-7-2-5-17(13-19)15-23/h1-2,4-7,12-13H,3,8-11H2. The Bertz CT molecular complexity index is 878. The van der Waals surface area contributed by atoms with E-state index >= 15 is 0 Å². The van der Waals surface area contributed by atoms with Crippen molar-refractivity contribution in [3.8, 4) is 12.1 Å². The summed E-state index contributed by atoms with van der Waals surface area (Å²) in [7, 11) is 0. The molecule has 1 fully saturated rings. The summed E-state index contributed by atoms with van der Waals surface area (Å²) < 4.78 is 0. The Kier molecular flexibility index (Phi) is 5.49. The first kappa shape index (κ1) is 18.2. The van der Waals surface area contributed by atoms with Crippen LogP contribution in [0.4, 0.5) is 0 Å². The molecule has 0 atom stereocenters. The van der Waals surface area contributed by atoms with Crippen LogP contribution in [-0.4, -0.2) is 47.8 Å². The fourth-order valence-corrected chi connectivity index (χ4v) is 3.13. The largest absolute Gasteiger partial charge is 0.337 e. The van der Waals surface area contributed by atoms with Gasteiger partial charge in [0.05, 0.1) is 23.3 Å². The molecular weight excluding hydrogens is 340 g/mol. The van der Waals surface area contributed by atoms with Crippen LogP contribution >= 0.6 is 0 Å². The highest BCUT2D eigenvalue weighted by atomic mass is 16.2. The molecule has 0 spiro atoms. The maximum Gasteiger partial charge on any atom is 0.253 e. The quantitative estimate of drug-likeness (QED) is 0.825. The molecule has 0 N–H and O–H groups in total. The average molecular weight is 358 g/mol. The predicted molar refractivity (Wildman–Crippen MR) is 98.7 cm³/mol. The van der Waals surface area contributed by atoms with Crippen molar-refractivity contribution >= 4 is 11.8 Å². The minimum absolute atomic E-state index is 0.132. The molecule has 6 heteroatoms. The highest BCUT2D eigenvalue weighted by molar-refractivity contribution is 5.96. The van der Waals surface area contributed by atoms with Crippen molar-refractivity contribution in [2.24, 2.45) is 0 Å². The van der Waals surface area contributed by atoms with E-state index in [1.807, 2.05) is 12.1 Å². The summed E-state index contributed by atoms with van der Waals surface area (Å²) in [6, 6.07) is 17.4. The van der Waals surface area contributed by atoms with Gasteiger partial charge in [-0.15, -0.1) is 0 Å². The zero-order valence-electron chi connectivity index (χ0n) is 14.8. The van der Waals surface area contributed by atoms with Gasteiger partial charge in [0.15, 0.2) is 0 Å². The Hall–Kier alpha value is -3.64. The lowest BCUT2D eigenvalue weighted by Gasteiger charge is -2.22. The van der Waals surface area contributed by atoms with Crippen LogP contribution in [0, 0.1) is 22.7 Å². The minimum atomic E-state index is -0.132. The molecule has 1 aliphatic heterocycles. The maximum atomic E-state index is 12.7. The van der Waals surface area contributed by atoms with E-state index in [1.165, 1.54) is 0 Å². The first-order valence-electron chi connectivity index (χ1n) is 8.71. The molecular formula is C21H18N4O2. The van der Waals surface area contributed by atoms with E-state index in [9.17, 15) is 9.59 Å². The van der Waals surface area contributed by atoms with Gasteiger partial charge in [0.2, 0.25) is 0 Å². The number of hydrogen-bond acceptors (Lipinski definition) is 4. The summed E-state index contributed by atoms with van der Waals surface area (Å²) in [6.07, 6.45) is 0.674. The van der Waals surface area contributed by atoms with E-state index in [2.05, 4.69) is 0 Å². The summed E-state index contributed by atoms with van der Waals surface area (Å²) >= 11 is 0. The van der Waals surface area contributed by atoms with E-state index in [-0.39, 0.29) is 11.8 Å². The molecule has 1 heterocycles. The number of nitrogens with zero attached hydrogens (tertiary/aromatic N) is 4. The van der Waals surface area contributed by atoms with Gasteiger partial charge >= 0.3 is 0 Å². The van der Waals surface area contributed by atoms with Crippen LogP contribution in [0.5, 0.6) is 0 Å². The Balaban J connectivity index is 1.70. The molecule has 2 aromatic rings. The van der Waals surface area contributed by atoms with E-state index in [0.29, 0.717) is 54.9 Å². The van der Waals surface area contributed by atoms with Crippen molar-refractivity contribution in [1.82, 2.24) is 9.80 Å². The second-order valence-corrected chi connectivity index (χ2v) is 6.32. The number of nitriles is 2. The van der Waals surface area contributed by atoms with Gasteiger partial charge in [-0.1, -0.05) is 12.1 Å². The van der Waals surface area contributed by atoms with Crippen LogP contribution in [-0.2, 0) is 0 Å². The lowest BCUT2D eigenvalue weighted by atomic mass is 10.1. The van der Waals surface area contributed by atoms with Crippen LogP contribution in [0.15, 0.2) is 48.5 Å². The molecule has 134 valence electrons. The lowest BCUT2D eigenvalue weighted by molar-refractivity contribution is 0.0718. The van der Waals surface area contributed by atoms with E-state index < -0.39 is 0 Å².